The maximum atomic E-state index is 13.0. The van der Waals surface area contributed by atoms with E-state index in [4.69, 9.17) is 5.73 Å². The van der Waals surface area contributed by atoms with E-state index in [9.17, 15) is 14.3 Å². The van der Waals surface area contributed by atoms with Crippen molar-refractivity contribution in [2.24, 2.45) is 11.7 Å². The lowest BCUT2D eigenvalue weighted by molar-refractivity contribution is -0.125. The van der Waals surface area contributed by atoms with Crippen molar-refractivity contribution in [1.29, 1.82) is 0 Å². The van der Waals surface area contributed by atoms with Crippen molar-refractivity contribution < 1.29 is 14.3 Å². The van der Waals surface area contributed by atoms with Crippen LogP contribution in [0.15, 0.2) is 24.3 Å². The Labute approximate surface area is 124 Å². The van der Waals surface area contributed by atoms with E-state index >= 15 is 0 Å². The molecular formula is C14H20ClFN2O2. The summed E-state index contributed by atoms with van der Waals surface area (Å²) in [7, 11) is 0. The van der Waals surface area contributed by atoms with Crippen LogP contribution in [0.5, 0.6) is 0 Å². The van der Waals surface area contributed by atoms with Crippen molar-refractivity contribution in [2.45, 2.75) is 31.4 Å². The molecule has 3 unspecified atom stereocenters. The van der Waals surface area contributed by atoms with E-state index in [2.05, 4.69) is 5.32 Å². The number of carbonyl (C=O) groups is 1. The van der Waals surface area contributed by atoms with Crippen LogP contribution in [0.4, 0.5) is 4.39 Å². The molecule has 1 saturated carbocycles. The highest BCUT2D eigenvalue weighted by atomic mass is 35.5. The summed E-state index contributed by atoms with van der Waals surface area (Å²) in [6, 6.07) is 5.84. The van der Waals surface area contributed by atoms with E-state index in [1.165, 1.54) is 18.2 Å². The molecule has 4 N–H and O–H groups in total. The van der Waals surface area contributed by atoms with Crippen molar-refractivity contribution in [3.05, 3.63) is 35.6 Å². The first-order valence-electron chi connectivity index (χ1n) is 6.53. The van der Waals surface area contributed by atoms with E-state index in [1.54, 1.807) is 6.07 Å². The predicted molar refractivity (Wildman–Crippen MR) is 76.9 cm³/mol. The normalized spacial score (nSPS) is 22.9. The highest BCUT2D eigenvalue weighted by Gasteiger charge is 2.27. The summed E-state index contributed by atoms with van der Waals surface area (Å²) in [4.78, 5) is 11.8. The van der Waals surface area contributed by atoms with Crippen LogP contribution in [0.25, 0.3) is 0 Å². The highest BCUT2D eigenvalue weighted by molar-refractivity contribution is 5.85. The van der Waals surface area contributed by atoms with Gasteiger partial charge in [-0.1, -0.05) is 12.1 Å². The molecule has 0 spiro atoms. The number of nitrogens with two attached hydrogens (primary N) is 1. The molecule has 1 fully saturated rings. The molecule has 0 radical (unpaired) electrons. The number of carbonyl (C=O) groups excluding carboxylic acids is 1. The molecule has 1 aromatic rings. The average molecular weight is 303 g/mol. The molecule has 0 bridgehead atoms. The van der Waals surface area contributed by atoms with Crippen LogP contribution in [0.3, 0.4) is 0 Å². The van der Waals surface area contributed by atoms with Crippen LogP contribution in [0, 0.1) is 11.7 Å². The number of amides is 1. The fourth-order valence-corrected chi connectivity index (χ4v) is 2.43. The SMILES string of the molecule is Cl.NC1CCC(C(=O)NCC(O)c2cccc(F)c2)C1. The lowest BCUT2D eigenvalue weighted by atomic mass is 10.1. The number of hydrogen-bond donors (Lipinski definition) is 3. The number of aliphatic hydroxyl groups is 1. The van der Waals surface area contributed by atoms with Crippen LogP contribution in [0.1, 0.15) is 30.9 Å². The van der Waals surface area contributed by atoms with Gasteiger partial charge in [0.2, 0.25) is 5.91 Å². The van der Waals surface area contributed by atoms with Gasteiger partial charge < -0.3 is 16.2 Å². The number of halogens is 2. The molecule has 1 amide bonds. The zero-order chi connectivity index (χ0) is 13.8. The van der Waals surface area contributed by atoms with Gasteiger partial charge in [0.15, 0.2) is 0 Å². The number of benzene rings is 1. The molecule has 1 aromatic carbocycles. The van der Waals surface area contributed by atoms with Crippen molar-refractivity contribution >= 4 is 18.3 Å². The Morgan fingerprint density at radius 1 is 1.50 bits per heavy atom. The third kappa shape index (κ3) is 4.44. The van der Waals surface area contributed by atoms with Gasteiger partial charge in [-0.05, 0) is 37.0 Å². The molecule has 1 aliphatic carbocycles. The Balaban J connectivity index is 0.00000200. The summed E-state index contributed by atoms with van der Waals surface area (Å²) in [5.41, 5.74) is 6.22. The first-order chi connectivity index (χ1) is 9.06. The monoisotopic (exact) mass is 302 g/mol. The maximum absolute atomic E-state index is 13.0. The second-order valence-electron chi connectivity index (χ2n) is 5.09. The Bertz CT molecular complexity index is 459. The van der Waals surface area contributed by atoms with Gasteiger partial charge in [-0.2, -0.15) is 0 Å². The molecule has 0 saturated heterocycles. The van der Waals surface area contributed by atoms with Gasteiger partial charge in [-0.15, -0.1) is 12.4 Å². The molecule has 6 heteroatoms. The molecule has 0 aliphatic heterocycles. The summed E-state index contributed by atoms with van der Waals surface area (Å²) >= 11 is 0. The summed E-state index contributed by atoms with van der Waals surface area (Å²) in [6.45, 7) is 0.0913. The van der Waals surface area contributed by atoms with Gasteiger partial charge in [0.05, 0.1) is 6.10 Å². The molecular weight excluding hydrogens is 283 g/mol. The summed E-state index contributed by atoms with van der Waals surface area (Å²) < 4.78 is 13.0. The van der Waals surface area contributed by atoms with E-state index in [1.807, 2.05) is 0 Å². The minimum Gasteiger partial charge on any atom is -0.387 e. The van der Waals surface area contributed by atoms with Crippen molar-refractivity contribution in [2.75, 3.05) is 6.54 Å². The van der Waals surface area contributed by atoms with Crippen LogP contribution in [0.2, 0.25) is 0 Å². The van der Waals surface area contributed by atoms with Crippen molar-refractivity contribution in [1.82, 2.24) is 5.32 Å². The third-order valence-electron chi connectivity index (χ3n) is 3.55. The quantitative estimate of drug-likeness (QED) is 0.789. The fourth-order valence-electron chi connectivity index (χ4n) is 2.43. The van der Waals surface area contributed by atoms with Gasteiger partial charge >= 0.3 is 0 Å². The molecule has 0 aromatic heterocycles. The fraction of sp³-hybridized carbons (Fsp3) is 0.500. The van der Waals surface area contributed by atoms with Crippen molar-refractivity contribution in [3.8, 4) is 0 Å². The second-order valence-corrected chi connectivity index (χ2v) is 5.09. The number of hydrogen-bond acceptors (Lipinski definition) is 3. The van der Waals surface area contributed by atoms with Crippen LogP contribution in [-0.2, 0) is 4.79 Å². The van der Waals surface area contributed by atoms with Crippen LogP contribution >= 0.6 is 12.4 Å². The zero-order valence-corrected chi connectivity index (χ0v) is 11.9. The molecule has 4 nitrogen and oxygen atoms in total. The first-order valence-corrected chi connectivity index (χ1v) is 6.53. The topological polar surface area (TPSA) is 75.4 Å². The Morgan fingerprint density at radius 3 is 2.85 bits per heavy atom. The maximum Gasteiger partial charge on any atom is 0.223 e. The molecule has 2 rings (SSSR count). The lowest BCUT2D eigenvalue weighted by Gasteiger charge is -2.15. The number of nitrogens with one attached hydrogen (secondary N) is 1. The largest absolute Gasteiger partial charge is 0.387 e. The standard InChI is InChI=1S/C14H19FN2O2.ClH/c15-11-3-1-2-9(6-11)13(18)8-17-14(19)10-4-5-12(16)7-10;/h1-3,6,10,12-13,18H,4-5,7-8,16H2,(H,17,19);1H. The summed E-state index contributed by atoms with van der Waals surface area (Å²) in [6.07, 6.45) is 1.46. The number of rotatable bonds is 4. The molecule has 112 valence electrons. The van der Waals surface area contributed by atoms with Crippen molar-refractivity contribution in [3.63, 3.8) is 0 Å². The van der Waals surface area contributed by atoms with Gasteiger partial charge in [-0.25, -0.2) is 4.39 Å². The van der Waals surface area contributed by atoms with Gasteiger partial charge in [-0.3, -0.25) is 4.79 Å². The van der Waals surface area contributed by atoms with Gasteiger partial charge in [0.25, 0.3) is 0 Å². The predicted octanol–water partition coefficient (Wildman–Crippen LogP) is 1.52. The number of aliphatic hydroxyl groups excluding tert-OH is 1. The Morgan fingerprint density at radius 2 is 2.25 bits per heavy atom. The smallest absolute Gasteiger partial charge is 0.223 e. The summed E-state index contributed by atoms with van der Waals surface area (Å²) in [5.74, 6) is -0.539. The Hall–Kier alpha value is -1.17. The summed E-state index contributed by atoms with van der Waals surface area (Å²) in [5, 5.41) is 12.6. The first kappa shape index (κ1) is 16.9. The molecule has 1 aliphatic rings. The van der Waals surface area contributed by atoms with E-state index in [0.29, 0.717) is 12.0 Å². The minimum atomic E-state index is -0.894. The molecule has 3 atom stereocenters. The Kier molecular flexibility index (Phi) is 6.39. The molecule has 20 heavy (non-hydrogen) atoms. The van der Waals surface area contributed by atoms with Crippen LogP contribution in [-0.4, -0.2) is 23.6 Å². The van der Waals surface area contributed by atoms with E-state index in [-0.39, 0.29) is 36.8 Å². The second kappa shape index (κ2) is 7.57. The zero-order valence-electron chi connectivity index (χ0n) is 11.1. The van der Waals surface area contributed by atoms with Gasteiger partial charge in [0, 0.05) is 18.5 Å². The van der Waals surface area contributed by atoms with Gasteiger partial charge in [0.1, 0.15) is 5.82 Å². The molecule has 0 heterocycles. The highest BCUT2D eigenvalue weighted by Crippen LogP contribution is 2.24. The van der Waals surface area contributed by atoms with E-state index < -0.39 is 11.9 Å². The van der Waals surface area contributed by atoms with Crippen LogP contribution < -0.4 is 11.1 Å². The third-order valence-corrected chi connectivity index (χ3v) is 3.55. The minimum absolute atomic E-state index is 0. The van der Waals surface area contributed by atoms with E-state index in [0.717, 1.165) is 12.8 Å². The lowest BCUT2D eigenvalue weighted by Crippen LogP contribution is -2.33. The average Bonchev–Trinajstić information content (AvgIpc) is 2.82.